The largest absolute Gasteiger partial charge is 0.431 e. The van der Waals surface area contributed by atoms with Crippen LogP contribution in [0.25, 0.3) is 0 Å². The molecule has 0 saturated carbocycles. The number of methoxy groups -OCH3 is 1. The Balaban J connectivity index is 1.89. The van der Waals surface area contributed by atoms with Crippen molar-refractivity contribution >= 4 is 11.9 Å². The molecule has 5 heteroatoms. The van der Waals surface area contributed by atoms with Crippen LogP contribution in [-0.2, 0) is 19.1 Å². The second-order valence-electron chi connectivity index (χ2n) is 5.59. The summed E-state index contributed by atoms with van der Waals surface area (Å²) in [5.41, 5.74) is 1.39. The van der Waals surface area contributed by atoms with Gasteiger partial charge in [0.05, 0.1) is 18.1 Å². The minimum absolute atomic E-state index is 0.0207. The average Bonchev–Trinajstić information content (AvgIpc) is 2.95. The van der Waals surface area contributed by atoms with Gasteiger partial charge in [0.2, 0.25) is 5.91 Å². The minimum Gasteiger partial charge on any atom is -0.431 e. The molecule has 0 aromatic rings. The van der Waals surface area contributed by atoms with Crippen LogP contribution in [-0.4, -0.2) is 42.1 Å². The Kier molecular flexibility index (Phi) is 2.27. The number of hydrogen-bond donors (Lipinski definition) is 0. The van der Waals surface area contributed by atoms with E-state index in [9.17, 15) is 9.59 Å². The molecule has 4 rings (SSSR count). The van der Waals surface area contributed by atoms with Gasteiger partial charge < -0.3 is 14.4 Å². The Morgan fingerprint density at radius 2 is 2.30 bits per heavy atom. The molecule has 1 amide bonds. The number of carbonyl (C=O) groups is 2. The molecule has 20 heavy (non-hydrogen) atoms. The van der Waals surface area contributed by atoms with Crippen LogP contribution in [0.15, 0.2) is 35.1 Å². The molecule has 0 unspecified atom stereocenters. The zero-order valence-corrected chi connectivity index (χ0v) is 11.2. The van der Waals surface area contributed by atoms with Crippen LogP contribution in [0.4, 0.5) is 0 Å². The first-order chi connectivity index (χ1) is 9.65. The van der Waals surface area contributed by atoms with E-state index in [1.165, 1.54) is 0 Å². The standard InChI is InChI=1S/C15H15NO4/c1-19-10-3-2-9-6-13(17)16-5-4-12-11(7-14(18)20-12)15(9,16)8-10/h2-3,6,10H,4-5,7-8H2,1H3/t10-,15-/m0/s1. The van der Waals surface area contributed by atoms with Crippen molar-refractivity contribution in [2.75, 3.05) is 13.7 Å². The molecule has 0 aromatic carbocycles. The van der Waals surface area contributed by atoms with Gasteiger partial charge in [0.1, 0.15) is 5.76 Å². The molecule has 0 radical (unpaired) electrons. The Morgan fingerprint density at radius 1 is 1.45 bits per heavy atom. The Bertz CT molecular complexity index is 615. The maximum atomic E-state index is 12.3. The van der Waals surface area contributed by atoms with Crippen LogP contribution in [0.1, 0.15) is 19.3 Å². The Morgan fingerprint density at radius 3 is 3.10 bits per heavy atom. The smallest absolute Gasteiger partial charge is 0.315 e. The molecule has 2 atom stereocenters. The molecule has 1 spiro atoms. The highest BCUT2D eigenvalue weighted by Crippen LogP contribution is 2.51. The van der Waals surface area contributed by atoms with Crippen molar-refractivity contribution in [3.05, 3.63) is 35.1 Å². The second kappa shape index (κ2) is 3.82. The molecule has 0 bridgehead atoms. The summed E-state index contributed by atoms with van der Waals surface area (Å²) in [4.78, 5) is 25.8. The molecule has 0 aromatic heterocycles. The lowest BCUT2D eigenvalue weighted by Gasteiger charge is -2.47. The second-order valence-corrected chi connectivity index (χ2v) is 5.59. The normalized spacial score (nSPS) is 34.8. The van der Waals surface area contributed by atoms with Crippen molar-refractivity contribution in [2.45, 2.75) is 30.9 Å². The van der Waals surface area contributed by atoms with Gasteiger partial charge in [0, 0.05) is 38.1 Å². The van der Waals surface area contributed by atoms with Gasteiger partial charge in [-0.15, -0.1) is 0 Å². The fraction of sp³-hybridized carbons (Fsp3) is 0.467. The molecule has 3 aliphatic heterocycles. The van der Waals surface area contributed by atoms with Crippen LogP contribution in [0, 0.1) is 0 Å². The molecule has 3 heterocycles. The SMILES string of the molecule is CO[C@H]1C=CC2=CC(=O)N3CCC4=C(CC(=O)O4)[C@]23C1. The van der Waals surface area contributed by atoms with Crippen LogP contribution in [0.5, 0.6) is 0 Å². The maximum absolute atomic E-state index is 12.3. The van der Waals surface area contributed by atoms with Gasteiger partial charge in [-0.25, -0.2) is 0 Å². The first-order valence-electron chi connectivity index (χ1n) is 6.83. The first-order valence-corrected chi connectivity index (χ1v) is 6.83. The van der Waals surface area contributed by atoms with Crippen molar-refractivity contribution in [3.63, 3.8) is 0 Å². The summed E-state index contributed by atoms with van der Waals surface area (Å²) in [6, 6.07) is 0. The van der Waals surface area contributed by atoms with Gasteiger partial charge in [-0.1, -0.05) is 12.2 Å². The lowest BCUT2D eigenvalue weighted by atomic mass is 9.72. The number of hydrogen-bond acceptors (Lipinski definition) is 4. The molecule has 0 fully saturated rings. The van der Waals surface area contributed by atoms with Crippen LogP contribution >= 0.6 is 0 Å². The topological polar surface area (TPSA) is 55.8 Å². The van der Waals surface area contributed by atoms with Gasteiger partial charge in [0.15, 0.2) is 0 Å². The third-order valence-electron chi connectivity index (χ3n) is 4.73. The molecule has 4 aliphatic rings. The molecule has 0 N–H and O–H groups in total. The van der Waals surface area contributed by atoms with Crippen LogP contribution < -0.4 is 0 Å². The predicted octanol–water partition coefficient (Wildman–Crippen LogP) is 1.07. The number of carbonyl (C=O) groups excluding carboxylic acids is 2. The molecule has 1 aliphatic carbocycles. The zero-order chi connectivity index (χ0) is 13.9. The van der Waals surface area contributed by atoms with E-state index in [-0.39, 0.29) is 24.4 Å². The van der Waals surface area contributed by atoms with Crippen molar-refractivity contribution in [1.29, 1.82) is 0 Å². The highest BCUT2D eigenvalue weighted by Gasteiger charge is 2.56. The van der Waals surface area contributed by atoms with Crippen LogP contribution in [0.2, 0.25) is 0 Å². The highest BCUT2D eigenvalue weighted by molar-refractivity contribution is 5.96. The summed E-state index contributed by atoms with van der Waals surface area (Å²) in [6.07, 6.45) is 7.11. The van der Waals surface area contributed by atoms with E-state index in [2.05, 4.69) is 0 Å². The fourth-order valence-electron chi connectivity index (χ4n) is 3.85. The molecular weight excluding hydrogens is 258 g/mol. The van der Waals surface area contributed by atoms with Crippen molar-refractivity contribution in [3.8, 4) is 0 Å². The van der Waals surface area contributed by atoms with E-state index in [0.717, 1.165) is 16.9 Å². The van der Waals surface area contributed by atoms with Crippen LogP contribution in [0.3, 0.4) is 0 Å². The highest BCUT2D eigenvalue weighted by atomic mass is 16.5. The summed E-state index contributed by atoms with van der Waals surface area (Å²) in [5.74, 6) is 0.567. The molecule has 104 valence electrons. The number of esters is 1. The third-order valence-corrected chi connectivity index (χ3v) is 4.73. The first kappa shape index (κ1) is 11.9. The average molecular weight is 273 g/mol. The third kappa shape index (κ3) is 1.31. The van der Waals surface area contributed by atoms with Gasteiger partial charge in [-0.2, -0.15) is 0 Å². The summed E-state index contributed by atoms with van der Waals surface area (Å²) >= 11 is 0. The number of rotatable bonds is 1. The fourth-order valence-corrected chi connectivity index (χ4v) is 3.85. The van der Waals surface area contributed by atoms with Gasteiger partial charge >= 0.3 is 5.97 Å². The van der Waals surface area contributed by atoms with Gasteiger partial charge in [-0.3, -0.25) is 9.59 Å². The molecule has 0 saturated heterocycles. The zero-order valence-electron chi connectivity index (χ0n) is 11.2. The lowest BCUT2D eigenvalue weighted by molar-refractivity contribution is -0.136. The predicted molar refractivity (Wildman–Crippen MR) is 69.4 cm³/mol. The lowest BCUT2D eigenvalue weighted by Crippen LogP contribution is -2.55. The number of ether oxygens (including phenoxy) is 2. The Labute approximate surface area is 116 Å². The quantitative estimate of drug-likeness (QED) is 0.671. The molecular formula is C15H15NO4. The van der Waals surface area contributed by atoms with Gasteiger partial charge in [0.25, 0.3) is 0 Å². The monoisotopic (exact) mass is 273 g/mol. The van der Waals surface area contributed by atoms with Crippen molar-refractivity contribution < 1.29 is 19.1 Å². The molecule has 5 nitrogen and oxygen atoms in total. The Hall–Kier alpha value is -1.88. The van der Waals surface area contributed by atoms with E-state index in [1.54, 1.807) is 13.2 Å². The van der Waals surface area contributed by atoms with E-state index >= 15 is 0 Å². The maximum Gasteiger partial charge on any atom is 0.315 e. The van der Waals surface area contributed by atoms with Crippen molar-refractivity contribution in [2.24, 2.45) is 0 Å². The number of nitrogens with zero attached hydrogens (tertiary/aromatic N) is 1. The number of amides is 1. The summed E-state index contributed by atoms with van der Waals surface area (Å²) < 4.78 is 10.8. The van der Waals surface area contributed by atoms with E-state index < -0.39 is 5.54 Å². The van der Waals surface area contributed by atoms with E-state index in [1.807, 2.05) is 17.1 Å². The summed E-state index contributed by atoms with van der Waals surface area (Å²) in [6.45, 7) is 0.592. The van der Waals surface area contributed by atoms with E-state index in [0.29, 0.717) is 19.4 Å². The van der Waals surface area contributed by atoms with E-state index in [4.69, 9.17) is 9.47 Å². The minimum atomic E-state index is -0.522. The summed E-state index contributed by atoms with van der Waals surface area (Å²) in [5, 5.41) is 0. The summed E-state index contributed by atoms with van der Waals surface area (Å²) in [7, 11) is 1.66. The van der Waals surface area contributed by atoms with Gasteiger partial charge in [-0.05, 0) is 5.57 Å². The van der Waals surface area contributed by atoms with Crippen molar-refractivity contribution in [1.82, 2.24) is 4.90 Å².